The predicted octanol–water partition coefficient (Wildman–Crippen LogP) is 1.09. The highest BCUT2D eigenvalue weighted by molar-refractivity contribution is 6.29. The van der Waals surface area contributed by atoms with E-state index in [4.69, 9.17) is 11.6 Å². The maximum Gasteiger partial charge on any atom is 0.289 e. The third kappa shape index (κ3) is 2.62. The Morgan fingerprint density at radius 3 is 2.82 bits per heavy atom. The lowest BCUT2D eigenvalue weighted by Gasteiger charge is -2.23. The molecule has 1 aromatic heterocycles. The summed E-state index contributed by atoms with van der Waals surface area (Å²) in [6.45, 7) is 0.179. The van der Waals surface area contributed by atoms with Crippen molar-refractivity contribution in [1.29, 1.82) is 0 Å². The van der Waals surface area contributed by atoms with Crippen LogP contribution in [0, 0.1) is 0 Å². The van der Waals surface area contributed by atoms with Gasteiger partial charge in [0.2, 0.25) is 0 Å². The standard InChI is InChI=1S/C11H9ClN2O3/c12-10-2-1-7(4-13-10)5-14-6-8(15)3-9(16)11(14)17/h1-4,16H,5-6H2. The number of aromatic nitrogens is 1. The van der Waals surface area contributed by atoms with Crippen LogP contribution in [0.15, 0.2) is 30.2 Å². The Morgan fingerprint density at radius 1 is 1.41 bits per heavy atom. The van der Waals surface area contributed by atoms with E-state index in [0.717, 1.165) is 11.6 Å². The molecule has 2 rings (SSSR count). The first-order chi connectivity index (χ1) is 8.06. The van der Waals surface area contributed by atoms with E-state index in [-0.39, 0.29) is 18.9 Å². The van der Waals surface area contributed by atoms with Gasteiger partial charge in [-0.15, -0.1) is 0 Å². The van der Waals surface area contributed by atoms with Gasteiger partial charge in [0.25, 0.3) is 5.91 Å². The Morgan fingerprint density at radius 2 is 2.18 bits per heavy atom. The van der Waals surface area contributed by atoms with Crippen LogP contribution in [-0.2, 0) is 16.1 Å². The Hall–Kier alpha value is -1.88. The van der Waals surface area contributed by atoms with Crippen LogP contribution in [0.5, 0.6) is 0 Å². The van der Waals surface area contributed by atoms with Gasteiger partial charge in [-0.05, 0) is 11.6 Å². The van der Waals surface area contributed by atoms with Gasteiger partial charge in [0.1, 0.15) is 5.15 Å². The molecule has 0 bridgehead atoms. The van der Waals surface area contributed by atoms with E-state index in [1.807, 2.05) is 0 Å². The van der Waals surface area contributed by atoms with Gasteiger partial charge >= 0.3 is 0 Å². The lowest BCUT2D eigenvalue weighted by atomic mass is 10.2. The lowest BCUT2D eigenvalue weighted by Crippen LogP contribution is -2.39. The molecule has 0 spiro atoms. The molecule has 6 heteroatoms. The molecule has 1 aliphatic heterocycles. The third-order valence-corrected chi connectivity index (χ3v) is 2.54. The molecule has 1 aromatic rings. The van der Waals surface area contributed by atoms with E-state index >= 15 is 0 Å². The Balaban J connectivity index is 2.14. The number of hydrogen-bond acceptors (Lipinski definition) is 4. The van der Waals surface area contributed by atoms with Crippen molar-refractivity contribution in [3.05, 3.63) is 40.9 Å². The molecule has 0 aromatic carbocycles. The van der Waals surface area contributed by atoms with Crippen LogP contribution < -0.4 is 0 Å². The minimum Gasteiger partial charge on any atom is -0.503 e. The largest absolute Gasteiger partial charge is 0.503 e. The van der Waals surface area contributed by atoms with Crippen molar-refractivity contribution >= 4 is 23.3 Å². The first kappa shape index (κ1) is 11.6. The predicted molar refractivity (Wildman–Crippen MR) is 60.4 cm³/mol. The number of aliphatic hydroxyl groups is 1. The highest BCUT2D eigenvalue weighted by Crippen LogP contribution is 2.12. The van der Waals surface area contributed by atoms with Crippen LogP contribution in [-0.4, -0.2) is 33.2 Å². The van der Waals surface area contributed by atoms with Gasteiger partial charge in [-0.25, -0.2) is 4.98 Å². The van der Waals surface area contributed by atoms with Crippen LogP contribution in [0.2, 0.25) is 5.15 Å². The van der Waals surface area contributed by atoms with E-state index < -0.39 is 11.7 Å². The molecule has 0 saturated heterocycles. The summed E-state index contributed by atoms with van der Waals surface area (Å²) in [5, 5.41) is 9.61. The number of halogens is 1. The van der Waals surface area contributed by atoms with Crippen molar-refractivity contribution in [2.75, 3.05) is 6.54 Å². The third-order valence-electron chi connectivity index (χ3n) is 2.31. The zero-order valence-electron chi connectivity index (χ0n) is 8.76. The summed E-state index contributed by atoms with van der Waals surface area (Å²) in [5.74, 6) is -1.38. The van der Waals surface area contributed by atoms with E-state index in [1.54, 1.807) is 12.1 Å². The Kier molecular flexibility index (Phi) is 3.10. The van der Waals surface area contributed by atoms with Gasteiger partial charge in [-0.1, -0.05) is 17.7 Å². The summed E-state index contributed by atoms with van der Waals surface area (Å²) >= 11 is 5.63. The number of carbonyl (C=O) groups excluding carboxylic acids is 2. The fraction of sp³-hybridized carbons (Fsp3) is 0.182. The van der Waals surface area contributed by atoms with Gasteiger partial charge in [0.05, 0.1) is 6.54 Å². The van der Waals surface area contributed by atoms with Gasteiger partial charge < -0.3 is 10.0 Å². The summed E-state index contributed by atoms with van der Waals surface area (Å²) in [6.07, 6.45) is 2.47. The van der Waals surface area contributed by atoms with Gasteiger partial charge in [-0.2, -0.15) is 0 Å². The van der Waals surface area contributed by atoms with Crippen molar-refractivity contribution < 1.29 is 14.7 Å². The number of rotatable bonds is 2. The summed E-state index contributed by atoms with van der Waals surface area (Å²) in [5.41, 5.74) is 0.741. The van der Waals surface area contributed by atoms with Gasteiger partial charge in [0.15, 0.2) is 11.5 Å². The lowest BCUT2D eigenvalue weighted by molar-refractivity contribution is -0.135. The van der Waals surface area contributed by atoms with E-state index in [2.05, 4.69) is 4.98 Å². The molecule has 1 N–H and O–H groups in total. The molecule has 0 unspecified atom stereocenters. The summed E-state index contributed by atoms with van der Waals surface area (Å²) in [6, 6.07) is 3.31. The zero-order chi connectivity index (χ0) is 12.4. The minimum absolute atomic E-state index is 0.0362. The van der Waals surface area contributed by atoms with Crippen LogP contribution in [0.4, 0.5) is 0 Å². The molecule has 0 atom stereocenters. The number of hydrogen-bond donors (Lipinski definition) is 1. The Labute approximate surface area is 102 Å². The summed E-state index contributed by atoms with van der Waals surface area (Å²) in [4.78, 5) is 27.9. The van der Waals surface area contributed by atoms with Gasteiger partial charge in [-0.3, -0.25) is 9.59 Å². The molecule has 17 heavy (non-hydrogen) atoms. The van der Waals surface area contributed by atoms with Crippen molar-refractivity contribution in [2.45, 2.75) is 6.54 Å². The molecule has 0 radical (unpaired) electrons. The average Bonchev–Trinajstić information content (AvgIpc) is 2.28. The second-order valence-corrected chi connectivity index (χ2v) is 4.03. The molecular formula is C11H9ClN2O3. The maximum atomic E-state index is 11.6. The monoisotopic (exact) mass is 252 g/mol. The smallest absolute Gasteiger partial charge is 0.289 e. The molecule has 5 nitrogen and oxygen atoms in total. The molecule has 1 amide bonds. The van der Waals surface area contributed by atoms with Crippen LogP contribution in [0.1, 0.15) is 5.56 Å². The fourth-order valence-corrected chi connectivity index (χ4v) is 1.64. The number of aliphatic hydroxyl groups excluding tert-OH is 1. The fourth-order valence-electron chi connectivity index (χ4n) is 1.53. The number of ketones is 1. The topological polar surface area (TPSA) is 70.5 Å². The summed E-state index contributed by atoms with van der Waals surface area (Å²) in [7, 11) is 0. The number of nitrogens with zero attached hydrogens (tertiary/aromatic N) is 2. The first-order valence-corrected chi connectivity index (χ1v) is 5.27. The molecule has 0 saturated carbocycles. The molecule has 0 aliphatic carbocycles. The van der Waals surface area contributed by atoms with Crippen molar-refractivity contribution in [3.8, 4) is 0 Å². The molecule has 2 heterocycles. The van der Waals surface area contributed by atoms with Crippen molar-refractivity contribution in [3.63, 3.8) is 0 Å². The molecule has 1 aliphatic rings. The average molecular weight is 253 g/mol. The maximum absolute atomic E-state index is 11.6. The highest BCUT2D eigenvalue weighted by Gasteiger charge is 2.25. The Bertz CT molecular complexity index is 496. The van der Waals surface area contributed by atoms with E-state index in [1.165, 1.54) is 11.1 Å². The number of amides is 1. The second-order valence-electron chi connectivity index (χ2n) is 3.65. The normalized spacial score (nSPS) is 16.1. The molecule has 0 fully saturated rings. The van der Waals surface area contributed by atoms with Crippen LogP contribution in [0.3, 0.4) is 0 Å². The first-order valence-electron chi connectivity index (χ1n) is 4.89. The second kappa shape index (κ2) is 4.55. The summed E-state index contributed by atoms with van der Waals surface area (Å²) < 4.78 is 0. The van der Waals surface area contributed by atoms with Gasteiger partial charge in [0, 0.05) is 18.8 Å². The molecule has 88 valence electrons. The van der Waals surface area contributed by atoms with Crippen LogP contribution >= 0.6 is 11.6 Å². The zero-order valence-corrected chi connectivity index (χ0v) is 9.52. The van der Waals surface area contributed by atoms with Crippen LogP contribution in [0.25, 0.3) is 0 Å². The number of carbonyl (C=O) groups is 2. The van der Waals surface area contributed by atoms with Crippen molar-refractivity contribution in [2.24, 2.45) is 0 Å². The SMILES string of the molecule is O=C1C=C(O)C(=O)N(Cc2ccc(Cl)nc2)C1. The van der Waals surface area contributed by atoms with E-state index in [0.29, 0.717) is 5.15 Å². The van der Waals surface area contributed by atoms with E-state index in [9.17, 15) is 14.7 Å². The molecular weight excluding hydrogens is 244 g/mol. The quantitative estimate of drug-likeness (QED) is 0.800. The van der Waals surface area contributed by atoms with Crippen molar-refractivity contribution in [1.82, 2.24) is 9.88 Å². The highest BCUT2D eigenvalue weighted by atomic mass is 35.5. The number of pyridine rings is 1. The minimum atomic E-state index is -0.556.